The fraction of sp³-hybridized carbons (Fsp3) is 0.0667. The van der Waals surface area contributed by atoms with Crippen molar-refractivity contribution in [2.45, 2.75) is 6.92 Å². The number of nitrogens with one attached hydrogen (secondary N) is 1. The molecule has 0 saturated heterocycles. The van der Waals surface area contributed by atoms with Crippen molar-refractivity contribution in [3.05, 3.63) is 58.5 Å². The average molecular weight is 334 g/mol. The van der Waals surface area contributed by atoms with Gasteiger partial charge in [0.2, 0.25) is 5.91 Å². The van der Waals surface area contributed by atoms with E-state index in [2.05, 4.69) is 21.2 Å². The van der Waals surface area contributed by atoms with E-state index in [1.54, 1.807) is 42.5 Å². The highest BCUT2D eigenvalue weighted by Crippen LogP contribution is 2.15. The topological polar surface area (TPSA) is 59.3 Å². The number of hydrogen-bond acceptors (Lipinski definition) is 3. The lowest BCUT2D eigenvalue weighted by molar-refractivity contribution is -0.111. The number of anilines is 1. The van der Waals surface area contributed by atoms with Crippen LogP contribution in [0.15, 0.2) is 51.6 Å². The first-order valence-electron chi connectivity index (χ1n) is 5.90. The molecule has 0 saturated carbocycles. The number of Topliss-reactive ketones (excluding diaryl/α,β-unsaturated/α-hetero) is 1. The van der Waals surface area contributed by atoms with Crippen molar-refractivity contribution in [2.24, 2.45) is 0 Å². The largest absolute Gasteiger partial charge is 0.450 e. The summed E-state index contributed by atoms with van der Waals surface area (Å²) < 4.78 is 5.85. The van der Waals surface area contributed by atoms with Crippen LogP contribution < -0.4 is 5.32 Å². The Hall–Kier alpha value is -2.14. The molecule has 1 aromatic carbocycles. The minimum atomic E-state index is -0.270. The summed E-state index contributed by atoms with van der Waals surface area (Å²) in [4.78, 5) is 22.8. The Bertz CT molecular complexity index is 656. The predicted octanol–water partition coefficient (Wildman–Crippen LogP) is 3.90. The van der Waals surface area contributed by atoms with Crippen LogP contribution in [0.2, 0.25) is 0 Å². The second-order valence-corrected chi connectivity index (χ2v) is 4.88. The Balaban J connectivity index is 1.97. The van der Waals surface area contributed by atoms with Gasteiger partial charge < -0.3 is 9.73 Å². The van der Waals surface area contributed by atoms with Gasteiger partial charge in [0.15, 0.2) is 10.5 Å². The molecule has 0 radical (unpaired) electrons. The Labute approximate surface area is 124 Å². The maximum Gasteiger partial charge on any atom is 0.248 e. The minimum absolute atomic E-state index is 0.00818. The summed E-state index contributed by atoms with van der Waals surface area (Å²) in [5.41, 5.74) is 1.24. The highest BCUT2D eigenvalue weighted by atomic mass is 79.9. The Morgan fingerprint density at radius 1 is 1.15 bits per heavy atom. The van der Waals surface area contributed by atoms with Crippen molar-refractivity contribution in [3.63, 3.8) is 0 Å². The number of carbonyl (C=O) groups is 2. The summed E-state index contributed by atoms with van der Waals surface area (Å²) in [6.07, 6.45) is 2.95. The number of hydrogen-bond donors (Lipinski definition) is 1. The minimum Gasteiger partial charge on any atom is -0.450 e. The first-order chi connectivity index (χ1) is 9.54. The van der Waals surface area contributed by atoms with Gasteiger partial charge in [0.1, 0.15) is 5.76 Å². The van der Waals surface area contributed by atoms with Gasteiger partial charge in [-0.3, -0.25) is 9.59 Å². The Kier molecular flexibility index (Phi) is 4.53. The maximum atomic E-state index is 11.7. The van der Waals surface area contributed by atoms with Crippen molar-refractivity contribution in [3.8, 4) is 0 Å². The molecule has 0 aliphatic carbocycles. The first kappa shape index (κ1) is 14.3. The fourth-order valence-corrected chi connectivity index (χ4v) is 1.87. The van der Waals surface area contributed by atoms with E-state index >= 15 is 0 Å². The summed E-state index contributed by atoms with van der Waals surface area (Å²) in [6.45, 7) is 1.50. The number of ketones is 1. The smallest absolute Gasteiger partial charge is 0.248 e. The summed E-state index contributed by atoms with van der Waals surface area (Å²) in [6, 6.07) is 10.2. The summed E-state index contributed by atoms with van der Waals surface area (Å²) in [7, 11) is 0. The molecule has 4 nitrogen and oxygen atoms in total. The quantitative estimate of drug-likeness (QED) is 0.681. The highest BCUT2D eigenvalue weighted by Gasteiger charge is 2.01. The van der Waals surface area contributed by atoms with E-state index in [0.29, 0.717) is 21.7 Å². The molecule has 0 aliphatic rings. The number of furan rings is 1. The molecule has 1 aromatic heterocycles. The van der Waals surface area contributed by atoms with Crippen LogP contribution in [0.5, 0.6) is 0 Å². The summed E-state index contributed by atoms with van der Waals surface area (Å²) in [5, 5.41) is 2.69. The molecule has 102 valence electrons. The zero-order chi connectivity index (χ0) is 14.5. The molecule has 0 spiro atoms. The van der Waals surface area contributed by atoms with Crippen LogP contribution in [-0.4, -0.2) is 11.7 Å². The lowest BCUT2D eigenvalue weighted by Gasteiger charge is -2.02. The SMILES string of the molecule is CC(=O)c1ccc(NC(=O)/C=C/c2ccc(Br)o2)cc1. The van der Waals surface area contributed by atoms with Crippen LogP contribution in [-0.2, 0) is 4.79 Å². The van der Waals surface area contributed by atoms with Gasteiger partial charge in [0.25, 0.3) is 0 Å². The van der Waals surface area contributed by atoms with Crippen molar-refractivity contribution in [1.82, 2.24) is 0 Å². The average Bonchev–Trinajstić information content (AvgIpc) is 2.83. The van der Waals surface area contributed by atoms with Gasteiger partial charge in [-0.1, -0.05) is 0 Å². The van der Waals surface area contributed by atoms with Crippen LogP contribution in [0.4, 0.5) is 5.69 Å². The van der Waals surface area contributed by atoms with Crippen molar-refractivity contribution < 1.29 is 14.0 Å². The Morgan fingerprint density at radius 3 is 2.40 bits per heavy atom. The fourth-order valence-electron chi connectivity index (χ4n) is 1.55. The molecule has 1 heterocycles. The van der Waals surface area contributed by atoms with E-state index in [-0.39, 0.29) is 11.7 Å². The first-order valence-corrected chi connectivity index (χ1v) is 6.69. The summed E-state index contributed by atoms with van der Waals surface area (Å²) >= 11 is 3.18. The van der Waals surface area contributed by atoms with Gasteiger partial charge in [-0.25, -0.2) is 0 Å². The number of rotatable bonds is 4. The number of benzene rings is 1. The zero-order valence-electron chi connectivity index (χ0n) is 10.7. The zero-order valence-corrected chi connectivity index (χ0v) is 12.3. The van der Waals surface area contributed by atoms with E-state index in [4.69, 9.17) is 4.42 Å². The van der Waals surface area contributed by atoms with Crippen LogP contribution >= 0.6 is 15.9 Å². The van der Waals surface area contributed by atoms with Crippen LogP contribution in [0.3, 0.4) is 0 Å². The number of halogens is 1. The molecular weight excluding hydrogens is 322 g/mol. The van der Waals surface area contributed by atoms with E-state index < -0.39 is 0 Å². The third-order valence-electron chi connectivity index (χ3n) is 2.55. The maximum absolute atomic E-state index is 11.7. The third-order valence-corrected chi connectivity index (χ3v) is 2.98. The molecule has 1 N–H and O–H groups in total. The Morgan fingerprint density at radius 2 is 1.85 bits per heavy atom. The van der Waals surface area contributed by atoms with Gasteiger partial charge in [-0.05, 0) is 65.3 Å². The second kappa shape index (κ2) is 6.34. The van der Waals surface area contributed by atoms with Gasteiger partial charge in [0.05, 0.1) is 0 Å². The van der Waals surface area contributed by atoms with Crippen LogP contribution in [0.25, 0.3) is 6.08 Å². The molecule has 2 rings (SSSR count). The van der Waals surface area contributed by atoms with Gasteiger partial charge in [-0.2, -0.15) is 0 Å². The predicted molar refractivity (Wildman–Crippen MR) is 80.5 cm³/mol. The van der Waals surface area contributed by atoms with Crippen LogP contribution in [0, 0.1) is 0 Å². The van der Waals surface area contributed by atoms with E-state index in [0.717, 1.165) is 0 Å². The van der Waals surface area contributed by atoms with Crippen molar-refractivity contribution in [1.29, 1.82) is 0 Å². The van der Waals surface area contributed by atoms with E-state index in [1.807, 2.05) is 0 Å². The lowest BCUT2D eigenvalue weighted by Crippen LogP contribution is -2.07. The van der Waals surface area contributed by atoms with Crippen molar-refractivity contribution in [2.75, 3.05) is 5.32 Å². The molecule has 0 fully saturated rings. The van der Waals surface area contributed by atoms with E-state index in [1.165, 1.54) is 13.0 Å². The molecule has 1 amide bonds. The highest BCUT2D eigenvalue weighted by molar-refractivity contribution is 9.10. The van der Waals surface area contributed by atoms with Crippen LogP contribution in [0.1, 0.15) is 23.0 Å². The second-order valence-electron chi connectivity index (χ2n) is 4.10. The number of carbonyl (C=O) groups excluding carboxylic acids is 2. The molecule has 5 heteroatoms. The molecular formula is C15H12BrNO3. The molecule has 0 atom stereocenters. The van der Waals surface area contributed by atoms with E-state index in [9.17, 15) is 9.59 Å². The molecule has 0 unspecified atom stereocenters. The number of amides is 1. The van der Waals surface area contributed by atoms with Gasteiger partial charge in [-0.15, -0.1) is 0 Å². The lowest BCUT2D eigenvalue weighted by atomic mass is 10.1. The normalized spacial score (nSPS) is 10.7. The van der Waals surface area contributed by atoms with Gasteiger partial charge in [0, 0.05) is 17.3 Å². The standard InChI is InChI=1S/C15H12BrNO3/c1-10(18)11-2-4-12(5-3-11)17-15(19)9-7-13-6-8-14(16)20-13/h2-9H,1H3,(H,17,19)/b9-7+. The monoisotopic (exact) mass is 333 g/mol. The molecule has 0 bridgehead atoms. The molecule has 0 aliphatic heterocycles. The van der Waals surface area contributed by atoms with Gasteiger partial charge >= 0.3 is 0 Å². The molecule has 2 aromatic rings. The third kappa shape index (κ3) is 3.93. The molecule has 20 heavy (non-hydrogen) atoms. The summed E-state index contributed by atoms with van der Waals surface area (Å²) in [5.74, 6) is 0.304. The van der Waals surface area contributed by atoms with Crippen molar-refractivity contribution >= 4 is 39.4 Å².